The van der Waals surface area contributed by atoms with Gasteiger partial charge in [0.25, 0.3) is 0 Å². The zero-order valence-corrected chi connectivity index (χ0v) is 9.53. The Bertz CT molecular complexity index is 392. The van der Waals surface area contributed by atoms with Crippen molar-refractivity contribution in [2.24, 2.45) is 0 Å². The summed E-state index contributed by atoms with van der Waals surface area (Å²) in [7, 11) is 1.72. The predicted molar refractivity (Wildman–Crippen MR) is 63.1 cm³/mol. The highest BCUT2D eigenvalue weighted by atomic mass is 16.2. The molecular weight excluding hydrogens is 202 g/mol. The van der Waals surface area contributed by atoms with Crippen LogP contribution in [0.3, 0.4) is 0 Å². The van der Waals surface area contributed by atoms with Crippen LogP contribution in [0.25, 0.3) is 0 Å². The van der Waals surface area contributed by atoms with Gasteiger partial charge in [-0.05, 0) is 30.8 Å². The quantitative estimate of drug-likeness (QED) is 0.822. The summed E-state index contributed by atoms with van der Waals surface area (Å²) in [6.45, 7) is 3.05. The smallest absolute Gasteiger partial charge is 0.240 e. The highest BCUT2D eigenvalue weighted by Crippen LogP contribution is 2.13. The molecule has 0 aliphatic carbocycles. The highest BCUT2D eigenvalue weighted by Gasteiger charge is 2.09. The third kappa shape index (κ3) is 3.07. The summed E-state index contributed by atoms with van der Waals surface area (Å²) in [5, 5.41) is 11.6. The van der Waals surface area contributed by atoms with Gasteiger partial charge in [-0.1, -0.05) is 6.92 Å². The number of rotatable bonds is 4. The van der Waals surface area contributed by atoms with E-state index in [1.807, 2.05) is 13.0 Å². The molecule has 0 fully saturated rings. The molecule has 0 radical (unpaired) electrons. The van der Waals surface area contributed by atoms with Gasteiger partial charge in [0.1, 0.15) is 0 Å². The van der Waals surface area contributed by atoms with Gasteiger partial charge in [0.15, 0.2) is 0 Å². The summed E-state index contributed by atoms with van der Waals surface area (Å²) in [5.41, 5.74) is 1.39. The van der Waals surface area contributed by atoms with Gasteiger partial charge in [0.05, 0.1) is 18.2 Å². The molecule has 0 aliphatic rings. The summed E-state index contributed by atoms with van der Waals surface area (Å²) in [4.78, 5) is 13.2. The number of likely N-dealkylation sites (N-methyl/N-ethyl adjacent to an activating group) is 2. The summed E-state index contributed by atoms with van der Waals surface area (Å²) >= 11 is 0. The van der Waals surface area contributed by atoms with E-state index in [1.54, 1.807) is 36.2 Å². The van der Waals surface area contributed by atoms with Crippen molar-refractivity contribution in [2.45, 2.75) is 6.92 Å². The Morgan fingerprint density at radius 3 is 2.56 bits per heavy atom. The zero-order chi connectivity index (χ0) is 12.0. The van der Waals surface area contributed by atoms with Crippen molar-refractivity contribution in [3.63, 3.8) is 0 Å². The summed E-state index contributed by atoms with van der Waals surface area (Å²) in [6, 6.07) is 8.97. The molecule has 0 bridgehead atoms. The number of carbonyl (C=O) groups is 1. The average Bonchev–Trinajstić information content (AvgIpc) is 2.35. The van der Waals surface area contributed by atoms with E-state index >= 15 is 0 Å². The van der Waals surface area contributed by atoms with Gasteiger partial charge >= 0.3 is 0 Å². The lowest BCUT2D eigenvalue weighted by Gasteiger charge is -2.17. The van der Waals surface area contributed by atoms with Crippen molar-refractivity contribution in [3.05, 3.63) is 29.8 Å². The lowest BCUT2D eigenvalue weighted by molar-refractivity contribution is -0.117. The van der Waals surface area contributed by atoms with E-state index in [2.05, 4.69) is 5.32 Å². The molecule has 84 valence electrons. The van der Waals surface area contributed by atoms with Crippen molar-refractivity contribution in [1.82, 2.24) is 5.32 Å². The van der Waals surface area contributed by atoms with Crippen LogP contribution in [0.1, 0.15) is 12.5 Å². The SMILES string of the molecule is CCNCC(=O)N(C)c1ccc(C#N)cc1. The third-order valence-corrected chi connectivity index (χ3v) is 2.28. The minimum Gasteiger partial charge on any atom is -0.314 e. The van der Waals surface area contributed by atoms with E-state index in [0.29, 0.717) is 12.1 Å². The number of carbonyl (C=O) groups excluding carboxylic acids is 1. The number of amides is 1. The fourth-order valence-corrected chi connectivity index (χ4v) is 1.25. The number of nitriles is 1. The van der Waals surface area contributed by atoms with E-state index < -0.39 is 0 Å². The van der Waals surface area contributed by atoms with Crippen LogP contribution in [-0.4, -0.2) is 26.0 Å². The second-order valence-corrected chi connectivity index (χ2v) is 3.39. The molecule has 0 heterocycles. The number of nitrogens with zero attached hydrogens (tertiary/aromatic N) is 2. The zero-order valence-electron chi connectivity index (χ0n) is 9.53. The van der Waals surface area contributed by atoms with Crippen molar-refractivity contribution >= 4 is 11.6 Å². The van der Waals surface area contributed by atoms with Crippen LogP contribution in [0.15, 0.2) is 24.3 Å². The molecule has 0 saturated heterocycles. The minimum atomic E-state index is 0.00607. The Labute approximate surface area is 95.5 Å². The van der Waals surface area contributed by atoms with E-state index in [-0.39, 0.29) is 5.91 Å². The van der Waals surface area contributed by atoms with Crippen LogP contribution in [0.4, 0.5) is 5.69 Å². The van der Waals surface area contributed by atoms with Gasteiger partial charge in [-0.15, -0.1) is 0 Å². The molecule has 16 heavy (non-hydrogen) atoms. The van der Waals surface area contributed by atoms with Crippen LogP contribution in [-0.2, 0) is 4.79 Å². The molecule has 1 aromatic rings. The van der Waals surface area contributed by atoms with E-state index in [1.165, 1.54) is 0 Å². The Kier molecular flexibility index (Phi) is 4.49. The second kappa shape index (κ2) is 5.89. The van der Waals surface area contributed by atoms with Gasteiger partial charge in [0, 0.05) is 12.7 Å². The molecular formula is C12H15N3O. The number of nitrogens with one attached hydrogen (secondary N) is 1. The van der Waals surface area contributed by atoms with Crippen LogP contribution in [0, 0.1) is 11.3 Å². The van der Waals surface area contributed by atoms with Gasteiger partial charge in [0.2, 0.25) is 5.91 Å². The van der Waals surface area contributed by atoms with E-state index in [9.17, 15) is 4.79 Å². The lowest BCUT2D eigenvalue weighted by Crippen LogP contribution is -2.35. The van der Waals surface area contributed by atoms with Crippen molar-refractivity contribution in [2.75, 3.05) is 25.0 Å². The highest BCUT2D eigenvalue weighted by molar-refractivity contribution is 5.94. The van der Waals surface area contributed by atoms with Crippen LogP contribution in [0.2, 0.25) is 0 Å². The molecule has 1 amide bonds. The molecule has 4 nitrogen and oxygen atoms in total. The molecule has 1 N–H and O–H groups in total. The topological polar surface area (TPSA) is 56.1 Å². The van der Waals surface area contributed by atoms with E-state index in [4.69, 9.17) is 5.26 Å². The molecule has 4 heteroatoms. The summed E-state index contributed by atoms with van der Waals surface area (Å²) in [5.74, 6) is 0.00607. The third-order valence-electron chi connectivity index (χ3n) is 2.28. The maximum Gasteiger partial charge on any atom is 0.240 e. The predicted octanol–water partition coefficient (Wildman–Crippen LogP) is 1.13. The van der Waals surface area contributed by atoms with Gasteiger partial charge in [-0.2, -0.15) is 5.26 Å². The number of anilines is 1. The molecule has 1 rings (SSSR count). The molecule has 1 aromatic carbocycles. The fourth-order valence-electron chi connectivity index (χ4n) is 1.25. The number of benzene rings is 1. The van der Waals surface area contributed by atoms with E-state index in [0.717, 1.165) is 12.2 Å². The number of hydrogen-bond acceptors (Lipinski definition) is 3. The Morgan fingerprint density at radius 2 is 2.06 bits per heavy atom. The minimum absolute atomic E-state index is 0.00607. The van der Waals surface area contributed by atoms with Gasteiger partial charge < -0.3 is 10.2 Å². The Balaban J connectivity index is 2.69. The second-order valence-electron chi connectivity index (χ2n) is 3.39. The Hall–Kier alpha value is -1.86. The first-order valence-corrected chi connectivity index (χ1v) is 5.16. The maximum absolute atomic E-state index is 11.7. The van der Waals surface area contributed by atoms with Crippen molar-refractivity contribution < 1.29 is 4.79 Å². The first-order chi connectivity index (χ1) is 7.69. The van der Waals surface area contributed by atoms with Crippen molar-refractivity contribution in [3.8, 4) is 6.07 Å². The molecule has 0 aliphatic heterocycles. The first-order valence-electron chi connectivity index (χ1n) is 5.16. The monoisotopic (exact) mass is 217 g/mol. The summed E-state index contributed by atoms with van der Waals surface area (Å²) in [6.07, 6.45) is 0. The van der Waals surface area contributed by atoms with Crippen LogP contribution >= 0.6 is 0 Å². The maximum atomic E-state index is 11.7. The standard InChI is InChI=1S/C12H15N3O/c1-3-14-9-12(16)15(2)11-6-4-10(8-13)5-7-11/h4-7,14H,3,9H2,1-2H3. The molecule has 0 unspecified atom stereocenters. The lowest BCUT2D eigenvalue weighted by atomic mass is 10.2. The molecule has 0 saturated carbocycles. The molecule has 0 aromatic heterocycles. The van der Waals surface area contributed by atoms with Crippen LogP contribution in [0.5, 0.6) is 0 Å². The average molecular weight is 217 g/mol. The van der Waals surface area contributed by atoms with Crippen molar-refractivity contribution in [1.29, 1.82) is 5.26 Å². The summed E-state index contributed by atoms with van der Waals surface area (Å²) < 4.78 is 0. The van der Waals surface area contributed by atoms with Gasteiger partial charge in [-0.3, -0.25) is 4.79 Å². The van der Waals surface area contributed by atoms with Crippen LogP contribution < -0.4 is 10.2 Å². The Morgan fingerprint density at radius 1 is 1.44 bits per heavy atom. The fraction of sp³-hybridized carbons (Fsp3) is 0.333. The normalized spacial score (nSPS) is 9.56. The molecule has 0 atom stereocenters. The largest absolute Gasteiger partial charge is 0.314 e. The number of hydrogen-bond donors (Lipinski definition) is 1. The molecule has 0 spiro atoms. The van der Waals surface area contributed by atoms with Gasteiger partial charge in [-0.25, -0.2) is 0 Å². The first kappa shape index (κ1) is 12.2.